The number of anilines is 2. The number of hydrogen-bond acceptors (Lipinski definition) is 3. The first-order valence-electron chi connectivity index (χ1n) is 6.57. The van der Waals surface area contributed by atoms with Gasteiger partial charge in [-0.05, 0) is 30.4 Å². The van der Waals surface area contributed by atoms with Gasteiger partial charge in [-0.1, -0.05) is 36.4 Å². The average Bonchev–Trinajstić information content (AvgIpc) is 3.00. The molecule has 0 aromatic heterocycles. The van der Waals surface area contributed by atoms with Gasteiger partial charge in [0, 0.05) is 11.3 Å². The van der Waals surface area contributed by atoms with Crippen molar-refractivity contribution in [1.29, 1.82) is 0 Å². The first kappa shape index (κ1) is 12.3. The van der Waals surface area contributed by atoms with E-state index < -0.39 is 5.66 Å². The van der Waals surface area contributed by atoms with Crippen molar-refractivity contribution >= 4 is 34.6 Å². The van der Waals surface area contributed by atoms with E-state index in [4.69, 9.17) is 12.2 Å². The Balaban J connectivity index is 1.79. The summed E-state index contributed by atoms with van der Waals surface area (Å²) in [5.41, 5.74) is 4.68. The van der Waals surface area contributed by atoms with Gasteiger partial charge in [-0.25, -0.2) is 5.01 Å². The second kappa shape index (κ2) is 4.28. The van der Waals surface area contributed by atoms with Gasteiger partial charge in [0.05, 0.1) is 5.69 Å². The lowest BCUT2D eigenvalue weighted by Crippen LogP contribution is -2.53. The first-order chi connectivity index (χ1) is 10.2. The van der Waals surface area contributed by atoms with Gasteiger partial charge < -0.3 is 10.6 Å². The van der Waals surface area contributed by atoms with Gasteiger partial charge >= 0.3 is 0 Å². The molecule has 1 amide bonds. The summed E-state index contributed by atoms with van der Waals surface area (Å²) in [4.78, 5) is 12.5. The molecular formula is C15H12N4OS. The Morgan fingerprint density at radius 3 is 2.52 bits per heavy atom. The molecule has 1 atom stereocenters. The third-order valence-electron chi connectivity index (χ3n) is 3.71. The van der Waals surface area contributed by atoms with Crippen LogP contribution in [0.25, 0.3) is 0 Å². The number of hydrazine groups is 1. The van der Waals surface area contributed by atoms with Crippen molar-refractivity contribution in [2.45, 2.75) is 5.66 Å². The molecule has 3 N–H and O–H groups in total. The van der Waals surface area contributed by atoms with E-state index in [1.807, 2.05) is 54.6 Å². The van der Waals surface area contributed by atoms with Crippen LogP contribution in [0.1, 0.15) is 5.56 Å². The van der Waals surface area contributed by atoms with Crippen LogP contribution in [0.3, 0.4) is 0 Å². The number of benzene rings is 2. The third kappa shape index (κ3) is 1.66. The molecule has 0 aliphatic carbocycles. The molecular weight excluding hydrogens is 284 g/mol. The SMILES string of the molecule is O=C1Nc2ccccc2C12NC(=S)N(c1ccccc1)N2. The molecule has 21 heavy (non-hydrogen) atoms. The fourth-order valence-corrected chi connectivity index (χ4v) is 3.02. The van der Waals surface area contributed by atoms with Crippen molar-refractivity contribution < 1.29 is 4.79 Å². The average molecular weight is 296 g/mol. The zero-order valence-electron chi connectivity index (χ0n) is 11.0. The van der Waals surface area contributed by atoms with Crippen LogP contribution >= 0.6 is 12.2 Å². The van der Waals surface area contributed by atoms with Gasteiger partial charge in [0.2, 0.25) is 5.66 Å². The first-order valence-corrected chi connectivity index (χ1v) is 6.98. The fraction of sp³-hybridized carbons (Fsp3) is 0.0667. The Labute approximate surface area is 126 Å². The molecule has 1 saturated heterocycles. The predicted octanol–water partition coefficient (Wildman–Crippen LogP) is 1.69. The van der Waals surface area contributed by atoms with Crippen LogP contribution in [-0.4, -0.2) is 11.0 Å². The van der Waals surface area contributed by atoms with Crippen LogP contribution in [0.15, 0.2) is 54.6 Å². The highest BCUT2D eigenvalue weighted by atomic mass is 32.1. The quantitative estimate of drug-likeness (QED) is 0.699. The molecule has 6 heteroatoms. The maximum atomic E-state index is 12.5. The van der Waals surface area contributed by atoms with E-state index in [-0.39, 0.29) is 5.91 Å². The summed E-state index contributed by atoms with van der Waals surface area (Å²) in [6, 6.07) is 17.2. The van der Waals surface area contributed by atoms with Gasteiger partial charge in [0.1, 0.15) is 0 Å². The van der Waals surface area contributed by atoms with E-state index in [0.29, 0.717) is 5.11 Å². The summed E-state index contributed by atoms with van der Waals surface area (Å²) < 4.78 is 0. The number of nitrogens with one attached hydrogen (secondary N) is 3. The zero-order valence-corrected chi connectivity index (χ0v) is 11.8. The Kier molecular flexibility index (Phi) is 2.51. The molecule has 2 heterocycles. The number of hydrogen-bond donors (Lipinski definition) is 3. The number of carbonyl (C=O) groups is 1. The summed E-state index contributed by atoms with van der Waals surface area (Å²) in [5.74, 6) is -0.163. The Hall–Kier alpha value is -2.44. The van der Waals surface area contributed by atoms with E-state index >= 15 is 0 Å². The van der Waals surface area contributed by atoms with Crippen LogP contribution in [-0.2, 0) is 10.5 Å². The number of carbonyl (C=O) groups excluding carboxylic acids is 1. The van der Waals surface area contributed by atoms with Gasteiger partial charge in [-0.3, -0.25) is 4.79 Å². The summed E-state index contributed by atoms with van der Waals surface area (Å²) in [6.07, 6.45) is 0. The molecule has 2 aliphatic rings. The van der Waals surface area contributed by atoms with Crippen molar-refractivity contribution in [3.8, 4) is 0 Å². The summed E-state index contributed by atoms with van der Waals surface area (Å²) in [7, 11) is 0. The smallest absolute Gasteiger partial charge is 0.271 e. The van der Waals surface area contributed by atoms with Crippen LogP contribution in [0.5, 0.6) is 0 Å². The minimum absolute atomic E-state index is 0.163. The minimum Gasteiger partial charge on any atom is -0.330 e. The lowest BCUT2D eigenvalue weighted by atomic mass is 10.0. The van der Waals surface area contributed by atoms with E-state index in [1.165, 1.54) is 0 Å². The van der Waals surface area contributed by atoms with Crippen LogP contribution in [0.4, 0.5) is 11.4 Å². The maximum absolute atomic E-state index is 12.5. The summed E-state index contributed by atoms with van der Waals surface area (Å²) >= 11 is 5.39. The number of nitrogens with zero attached hydrogens (tertiary/aromatic N) is 1. The highest BCUT2D eigenvalue weighted by Gasteiger charge is 2.53. The van der Waals surface area contributed by atoms with Crippen molar-refractivity contribution in [2.75, 3.05) is 10.3 Å². The number of thiocarbonyl (C=S) groups is 1. The topological polar surface area (TPSA) is 56.4 Å². The third-order valence-corrected chi connectivity index (χ3v) is 4.00. The second-order valence-electron chi connectivity index (χ2n) is 4.96. The number of amides is 1. The van der Waals surface area contributed by atoms with Crippen molar-refractivity contribution in [3.05, 3.63) is 60.2 Å². The normalized spacial score (nSPS) is 23.1. The van der Waals surface area contributed by atoms with Gasteiger partial charge in [0.25, 0.3) is 5.91 Å². The van der Waals surface area contributed by atoms with E-state index in [0.717, 1.165) is 16.9 Å². The molecule has 1 unspecified atom stereocenters. The van der Waals surface area contributed by atoms with Crippen molar-refractivity contribution in [1.82, 2.24) is 10.7 Å². The van der Waals surface area contributed by atoms with Gasteiger partial charge in [0.15, 0.2) is 5.11 Å². The van der Waals surface area contributed by atoms with Crippen LogP contribution in [0, 0.1) is 0 Å². The molecule has 5 nitrogen and oxygen atoms in total. The molecule has 0 bridgehead atoms. The van der Waals surface area contributed by atoms with Crippen LogP contribution < -0.4 is 21.1 Å². The monoisotopic (exact) mass is 296 g/mol. The Bertz CT molecular complexity index is 748. The zero-order chi connectivity index (χ0) is 14.4. The highest BCUT2D eigenvalue weighted by Crippen LogP contribution is 2.37. The number of rotatable bonds is 1. The van der Waals surface area contributed by atoms with E-state index in [1.54, 1.807) is 5.01 Å². The number of para-hydroxylation sites is 2. The maximum Gasteiger partial charge on any atom is 0.271 e. The second-order valence-corrected chi connectivity index (χ2v) is 5.35. The predicted molar refractivity (Wildman–Crippen MR) is 84.5 cm³/mol. The lowest BCUT2D eigenvalue weighted by molar-refractivity contribution is -0.122. The molecule has 1 spiro atoms. The van der Waals surface area contributed by atoms with Crippen LogP contribution in [0.2, 0.25) is 0 Å². The van der Waals surface area contributed by atoms with Crippen molar-refractivity contribution in [2.24, 2.45) is 0 Å². The van der Waals surface area contributed by atoms with E-state index in [2.05, 4.69) is 16.1 Å². The summed E-state index contributed by atoms with van der Waals surface area (Å²) in [5, 5.41) is 8.18. The molecule has 0 saturated carbocycles. The standard InChI is InChI=1S/C15H12N4OS/c20-13-15(11-8-4-5-9-12(11)16-13)17-14(21)19(18-15)10-6-2-1-3-7-10/h1-9,18H,(H,16,20)(H,17,21). The molecule has 2 aromatic carbocycles. The molecule has 0 radical (unpaired) electrons. The molecule has 104 valence electrons. The Morgan fingerprint density at radius 2 is 1.71 bits per heavy atom. The number of fused-ring (bicyclic) bond motifs is 2. The molecule has 2 aromatic rings. The van der Waals surface area contributed by atoms with Crippen molar-refractivity contribution in [3.63, 3.8) is 0 Å². The molecule has 1 fully saturated rings. The van der Waals surface area contributed by atoms with E-state index in [9.17, 15) is 4.79 Å². The highest BCUT2D eigenvalue weighted by molar-refractivity contribution is 7.80. The summed E-state index contributed by atoms with van der Waals surface area (Å²) in [6.45, 7) is 0. The molecule has 4 rings (SSSR count). The van der Waals surface area contributed by atoms with Gasteiger partial charge in [-0.15, -0.1) is 0 Å². The lowest BCUT2D eigenvalue weighted by Gasteiger charge is -2.23. The largest absolute Gasteiger partial charge is 0.330 e. The Morgan fingerprint density at radius 1 is 1.00 bits per heavy atom. The minimum atomic E-state index is -1.04. The molecule has 2 aliphatic heterocycles. The fourth-order valence-electron chi connectivity index (χ4n) is 2.71. The van der Waals surface area contributed by atoms with Gasteiger partial charge in [-0.2, -0.15) is 5.43 Å².